The van der Waals surface area contributed by atoms with Crippen LogP contribution in [0, 0.1) is 0 Å². The first-order valence-corrected chi connectivity index (χ1v) is 17.5. The number of rotatable bonds is 14. The predicted molar refractivity (Wildman–Crippen MR) is 192 cm³/mol. The van der Waals surface area contributed by atoms with Crippen molar-refractivity contribution < 1.29 is 22.7 Å². The van der Waals surface area contributed by atoms with E-state index < -0.39 is 27.9 Å². The minimum atomic E-state index is -3.84. The molecule has 0 saturated heterocycles. The van der Waals surface area contributed by atoms with Crippen molar-refractivity contribution in [2.24, 2.45) is 4.99 Å². The number of likely N-dealkylation sites (N-methyl/N-ethyl adjacent to an activating group) is 1. The first-order valence-electron chi connectivity index (χ1n) is 15.3. The highest BCUT2D eigenvalue weighted by Crippen LogP contribution is 2.17. The second-order valence-electron chi connectivity index (χ2n) is 10.6. The summed E-state index contributed by atoms with van der Waals surface area (Å²) in [5, 5.41) is 3.20. The second kappa shape index (κ2) is 20.0. The Morgan fingerprint density at radius 1 is 1.06 bits per heavy atom. The Kier molecular flexibility index (Phi) is 16.5. The molecule has 1 heterocycles. The van der Waals surface area contributed by atoms with Crippen LogP contribution in [-0.2, 0) is 32.6 Å². The van der Waals surface area contributed by atoms with E-state index >= 15 is 0 Å². The van der Waals surface area contributed by atoms with Crippen molar-refractivity contribution in [3.8, 4) is 5.75 Å². The van der Waals surface area contributed by atoms with Gasteiger partial charge >= 0.3 is 0 Å². The maximum absolute atomic E-state index is 12.9. The van der Waals surface area contributed by atoms with Gasteiger partial charge in [-0.25, -0.2) is 8.42 Å². The zero-order valence-corrected chi connectivity index (χ0v) is 29.3. The van der Waals surface area contributed by atoms with Gasteiger partial charge in [0.2, 0.25) is 15.9 Å². The first-order chi connectivity index (χ1) is 22.4. The Hall–Kier alpha value is -4.41. The number of aliphatic imine (C=N–C) groups is 1. The fourth-order valence-corrected chi connectivity index (χ4v) is 4.82. The Labute approximate surface area is 284 Å². The van der Waals surface area contributed by atoms with Crippen molar-refractivity contribution in [3.05, 3.63) is 125 Å². The van der Waals surface area contributed by atoms with Crippen LogP contribution in [-0.4, -0.2) is 63.4 Å². The van der Waals surface area contributed by atoms with E-state index in [9.17, 15) is 18.0 Å². The van der Waals surface area contributed by atoms with E-state index in [0.29, 0.717) is 41.8 Å². The number of nitrogens with one attached hydrogen (secondary N) is 2. The molecule has 3 rings (SSSR count). The molecule has 1 unspecified atom stereocenters. The van der Waals surface area contributed by atoms with Gasteiger partial charge in [0, 0.05) is 25.0 Å². The van der Waals surface area contributed by atoms with Gasteiger partial charge in [0.1, 0.15) is 30.8 Å². The number of nitrogens with zero attached hydrogens (tertiary/aromatic N) is 2. The van der Waals surface area contributed by atoms with Crippen LogP contribution in [0.2, 0.25) is 0 Å². The van der Waals surface area contributed by atoms with Crippen LogP contribution < -0.4 is 14.8 Å². The van der Waals surface area contributed by atoms with Crippen LogP contribution in [0.25, 0.3) is 0 Å². The molecule has 0 aliphatic carbocycles. The number of allylic oxidation sites excluding steroid dienone is 7. The molecular weight excluding hydrogens is 636 g/mol. The maximum Gasteiger partial charge on any atom is 0.256 e. The molecule has 0 saturated carbocycles. The predicted octanol–water partition coefficient (Wildman–Crippen LogP) is 5.87. The van der Waals surface area contributed by atoms with Crippen molar-refractivity contribution >= 4 is 39.3 Å². The molecule has 1 aliphatic rings. The summed E-state index contributed by atoms with van der Waals surface area (Å²) in [5.41, 5.74) is 3.93. The van der Waals surface area contributed by atoms with Crippen LogP contribution in [0.5, 0.6) is 5.75 Å². The number of carbonyl (C=O) groups is 2. The highest BCUT2D eigenvalue weighted by Gasteiger charge is 2.24. The van der Waals surface area contributed by atoms with E-state index in [0.717, 1.165) is 23.0 Å². The molecule has 47 heavy (non-hydrogen) atoms. The van der Waals surface area contributed by atoms with Crippen LogP contribution >= 0.6 is 11.6 Å². The lowest BCUT2D eigenvalue weighted by molar-refractivity contribution is -0.127. The Balaban J connectivity index is 0.00000376. The molecule has 1 aliphatic heterocycles. The number of carbonyl (C=O) groups excluding carboxylic acids is 2. The van der Waals surface area contributed by atoms with Crippen molar-refractivity contribution in [1.82, 2.24) is 14.9 Å². The van der Waals surface area contributed by atoms with Crippen molar-refractivity contribution in [2.45, 2.75) is 46.3 Å². The fraction of sp³-hybridized carbons (Fsp3) is 0.306. The van der Waals surface area contributed by atoms with Gasteiger partial charge in [-0.15, -0.1) is 0 Å². The van der Waals surface area contributed by atoms with Crippen LogP contribution in [0.1, 0.15) is 38.3 Å². The summed E-state index contributed by atoms with van der Waals surface area (Å²) in [6, 6.07) is 15.7. The Bertz CT molecular complexity index is 1610. The lowest BCUT2D eigenvalue weighted by Crippen LogP contribution is -2.50. The standard InChI is InChI=1S/C34H39ClN4O5S.C2H6/c1-5-29(35)15-11-25(2)21-27-14-18-32(39(3)20-19-27)36-23-33(40)37-31(34(41)38-45(4,42)43)22-26-12-16-30(17-13-26)44-24-28-9-7-6-8-10-28;1-2/h5-19,31H,1,20-24H2,2-4H3,(H,37,40)(H,38,41);1-2H3/b25-11+,29-15+,36-32?;. The molecule has 11 heteroatoms. The van der Waals surface area contributed by atoms with E-state index in [1.54, 1.807) is 36.4 Å². The summed E-state index contributed by atoms with van der Waals surface area (Å²) in [6.45, 7) is 10.4. The summed E-state index contributed by atoms with van der Waals surface area (Å²) in [5.74, 6) is -0.132. The van der Waals surface area contributed by atoms with Gasteiger partial charge < -0.3 is 15.0 Å². The number of benzene rings is 2. The maximum atomic E-state index is 12.9. The molecule has 0 spiro atoms. The normalized spacial score (nSPS) is 15.1. The van der Waals surface area contributed by atoms with E-state index in [2.05, 4.69) is 23.0 Å². The zero-order chi connectivity index (χ0) is 34.8. The number of hydrogen-bond donors (Lipinski definition) is 2. The third-order valence-corrected chi connectivity index (χ3v) is 7.46. The summed E-state index contributed by atoms with van der Waals surface area (Å²) < 4.78 is 31.3. The largest absolute Gasteiger partial charge is 0.489 e. The quantitative estimate of drug-likeness (QED) is 0.241. The van der Waals surface area contributed by atoms with Gasteiger partial charge in [-0.3, -0.25) is 19.3 Å². The Morgan fingerprint density at radius 2 is 1.74 bits per heavy atom. The number of halogens is 1. The number of amides is 2. The molecule has 1 atom stereocenters. The summed E-state index contributed by atoms with van der Waals surface area (Å²) >= 11 is 5.99. The number of ether oxygens (including phenoxy) is 1. The molecular formula is C36H45ClN4O5S. The van der Waals surface area contributed by atoms with Crippen molar-refractivity contribution in [1.29, 1.82) is 0 Å². The van der Waals surface area contributed by atoms with Gasteiger partial charge in [0.25, 0.3) is 5.91 Å². The van der Waals surface area contributed by atoms with Crippen LogP contribution in [0.3, 0.4) is 0 Å². The van der Waals surface area contributed by atoms with Crippen LogP contribution in [0.4, 0.5) is 0 Å². The molecule has 2 N–H and O–H groups in total. The minimum Gasteiger partial charge on any atom is -0.489 e. The summed E-state index contributed by atoms with van der Waals surface area (Å²) in [4.78, 5) is 32.1. The molecule has 2 amide bonds. The summed E-state index contributed by atoms with van der Waals surface area (Å²) in [6.07, 6.45) is 12.8. The van der Waals surface area contributed by atoms with E-state index in [1.165, 1.54) is 0 Å². The molecule has 0 bridgehead atoms. The summed E-state index contributed by atoms with van der Waals surface area (Å²) in [7, 11) is -1.97. The van der Waals surface area contributed by atoms with Gasteiger partial charge in [-0.2, -0.15) is 0 Å². The third kappa shape index (κ3) is 15.2. The van der Waals surface area contributed by atoms with Gasteiger partial charge in [-0.05, 0) is 54.3 Å². The highest BCUT2D eigenvalue weighted by atomic mass is 35.5. The average molecular weight is 681 g/mol. The average Bonchev–Trinajstić information content (AvgIpc) is 3.22. The van der Waals surface area contributed by atoms with Gasteiger partial charge in [0.05, 0.1) is 6.26 Å². The smallest absolute Gasteiger partial charge is 0.256 e. The first kappa shape index (κ1) is 38.8. The van der Waals surface area contributed by atoms with Crippen molar-refractivity contribution in [3.63, 3.8) is 0 Å². The van der Waals surface area contributed by atoms with E-state index in [-0.39, 0.29) is 13.0 Å². The third-order valence-electron chi connectivity index (χ3n) is 6.60. The van der Waals surface area contributed by atoms with E-state index in [1.807, 2.05) is 86.0 Å². The molecule has 2 aromatic carbocycles. The zero-order valence-electron chi connectivity index (χ0n) is 27.7. The lowest BCUT2D eigenvalue weighted by Gasteiger charge is -2.19. The highest BCUT2D eigenvalue weighted by molar-refractivity contribution is 7.89. The number of amidine groups is 1. The molecule has 0 aromatic heterocycles. The minimum absolute atomic E-state index is 0.0653. The molecule has 2 aromatic rings. The van der Waals surface area contributed by atoms with Crippen molar-refractivity contribution in [2.75, 3.05) is 26.4 Å². The molecule has 252 valence electrons. The number of sulfonamides is 1. The lowest BCUT2D eigenvalue weighted by atomic mass is 10.1. The monoisotopic (exact) mass is 680 g/mol. The van der Waals surface area contributed by atoms with Crippen LogP contribution in [0.15, 0.2) is 119 Å². The SMILES string of the molecule is C=C/C(Cl)=C\C=C(/C)CC1=CCN(C)C(=NCC(=O)NC(Cc2ccc(OCc3ccccc3)cc2)C(=O)NS(C)(=O)=O)C=C1.CC. The van der Waals surface area contributed by atoms with Gasteiger partial charge in [-0.1, -0.05) is 104 Å². The fourth-order valence-electron chi connectivity index (χ4n) is 4.25. The molecule has 0 radical (unpaired) electrons. The molecule has 0 fully saturated rings. The topological polar surface area (TPSA) is 117 Å². The van der Waals surface area contributed by atoms with Gasteiger partial charge in [0.15, 0.2) is 0 Å². The molecule has 9 nitrogen and oxygen atoms in total. The second-order valence-corrected chi connectivity index (χ2v) is 12.8. The Morgan fingerprint density at radius 3 is 2.38 bits per heavy atom. The number of hydrogen-bond acceptors (Lipinski definition) is 6. The van der Waals surface area contributed by atoms with E-state index in [4.69, 9.17) is 16.3 Å².